The normalized spacial score (nSPS) is 18.2. The van der Waals surface area contributed by atoms with Crippen molar-refractivity contribution in [2.75, 3.05) is 18.6 Å². The van der Waals surface area contributed by atoms with Crippen LogP contribution < -0.4 is 0 Å². The molecule has 0 saturated heterocycles. The highest BCUT2D eigenvalue weighted by Gasteiger charge is 2.21. The Bertz CT molecular complexity index is 1090. The summed E-state index contributed by atoms with van der Waals surface area (Å²) < 4.78 is 62.5. The van der Waals surface area contributed by atoms with Crippen LogP contribution in [0.2, 0.25) is 51.4 Å². The van der Waals surface area contributed by atoms with Crippen molar-refractivity contribution >= 4 is 53.6 Å². The van der Waals surface area contributed by atoms with Crippen LogP contribution in [0.15, 0.2) is 44.7 Å². The highest BCUT2D eigenvalue weighted by Crippen LogP contribution is 2.17. The van der Waals surface area contributed by atoms with Crippen molar-refractivity contribution in [3.05, 3.63) is 36.0 Å². The summed E-state index contributed by atoms with van der Waals surface area (Å²) in [5.41, 5.74) is 0.712. The van der Waals surface area contributed by atoms with Gasteiger partial charge in [-0.15, -0.1) is 0 Å². The number of hydrogen-bond acceptors (Lipinski definition) is 6. The lowest BCUT2D eigenvalue weighted by Gasteiger charge is -2.15. The molecule has 0 aromatic carbocycles. The van der Waals surface area contributed by atoms with Gasteiger partial charge in [-0.1, -0.05) is 51.4 Å². The predicted octanol–water partition coefficient (Wildman–Crippen LogP) is 3.82. The highest BCUT2D eigenvalue weighted by molar-refractivity contribution is 7.90. The van der Waals surface area contributed by atoms with Gasteiger partial charge >= 0.3 is 5.97 Å². The van der Waals surface area contributed by atoms with Crippen molar-refractivity contribution < 1.29 is 26.4 Å². The van der Waals surface area contributed by atoms with Crippen molar-refractivity contribution in [1.29, 1.82) is 0 Å². The first-order chi connectivity index (χ1) is 14.9. The molecule has 186 valence electrons. The Morgan fingerprint density at radius 1 is 0.909 bits per heavy atom. The fourth-order valence-corrected chi connectivity index (χ4v) is 10.5. The minimum Gasteiger partial charge on any atom is -0.469 e. The van der Waals surface area contributed by atoms with E-state index in [9.17, 15) is 21.6 Å². The Balaban J connectivity index is 3.28. The third-order valence-corrected chi connectivity index (χ3v) is 11.2. The van der Waals surface area contributed by atoms with Gasteiger partial charge in [-0.2, -0.15) is 8.80 Å². The molecule has 1 aliphatic rings. The summed E-state index contributed by atoms with van der Waals surface area (Å²) in [6, 6.07) is 1.17. The van der Waals surface area contributed by atoms with Crippen LogP contribution in [0.5, 0.6) is 0 Å². The zero-order chi connectivity index (χ0) is 25.5. The molecule has 33 heavy (non-hydrogen) atoms. The zero-order valence-corrected chi connectivity index (χ0v) is 24.2. The second-order valence-corrected chi connectivity index (χ2v) is 25.1. The lowest BCUT2D eigenvalue weighted by molar-refractivity contribution is -0.139. The Hall–Kier alpha value is -1.64. The van der Waals surface area contributed by atoms with Crippen LogP contribution in [0, 0.1) is 0 Å². The van der Waals surface area contributed by atoms with Crippen LogP contribution in [-0.2, 0) is 29.6 Å². The fourth-order valence-electron chi connectivity index (χ4n) is 2.45. The van der Waals surface area contributed by atoms with Gasteiger partial charge in [-0.05, 0) is 30.3 Å². The summed E-state index contributed by atoms with van der Waals surface area (Å²) in [4.78, 5) is 11.4. The molecule has 0 radical (unpaired) electrons. The molecule has 0 bridgehead atoms. The average Bonchev–Trinajstić information content (AvgIpc) is 2.65. The summed E-state index contributed by atoms with van der Waals surface area (Å²) in [5, 5.41) is 0. The van der Waals surface area contributed by atoms with Crippen molar-refractivity contribution in [2.45, 2.75) is 57.8 Å². The number of rotatable bonds is 11. The number of esters is 1. The van der Waals surface area contributed by atoms with E-state index in [-0.39, 0.29) is 29.3 Å². The number of sulfonamides is 2. The van der Waals surface area contributed by atoms with E-state index < -0.39 is 42.2 Å². The van der Waals surface area contributed by atoms with Crippen molar-refractivity contribution in [1.82, 2.24) is 0 Å². The van der Waals surface area contributed by atoms with Gasteiger partial charge in [0.1, 0.15) is 0 Å². The molecule has 1 aliphatic carbocycles. The van der Waals surface area contributed by atoms with Crippen LogP contribution in [0.3, 0.4) is 0 Å². The van der Waals surface area contributed by atoms with Crippen LogP contribution in [0.1, 0.15) is 6.42 Å². The third-order valence-electron chi connectivity index (χ3n) is 4.52. The molecule has 0 heterocycles. The SMILES string of the molecule is COC(=O)C/C=C/C1=CC(=N/S(=O)(=O)CC[Si](C)(C)C)/C=CC/1=N\S(=O)(=O)CC[Si](C)(C)C. The second kappa shape index (κ2) is 11.7. The topological polar surface area (TPSA) is 119 Å². The molecular formula is C21H36N2O6S2Si2. The molecule has 12 heteroatoms. The summed E-state index contributed by atoms with van der Waals surface area (Å²) in [7, 11) is -9.26. The van der Waals surface area contributed by atoms with Crippen LogP contribution in [-0.4, -0.2) is 69.0 Å². The minimum atomic E-state index is -3.72. The number of methoxy groups -OCH3 is 1. The minimum absolute atomic E-state index is 0.0196. The van der Waals surface area contributed by atoms with Crippen LogP contribution in [0.4, 0.5) is 0 Å². The maximum Gasteiger partial charge on any atom is 0.309 e. The molecule has 0 spiro atoms. The quantitative estimate of drug-likeness (QED) is 0.227. The molecule has 0 amide bonds. The van der Waals surface area contributed by atoms with E-state index in [1.165, 1.54) is 37.5 Å². The molecule has 0 N–H and O–H groups in total. The summed E-state index contributed by atoms with van der Waals surface area (Å²) in [6.07, 6.45) is 7.37. The van der Waals surface area contributed by atoms with E-state index >= 15 is 0 Å². The first-order valence-electron chi connectivity index (χ1n) is 10.7. The molecule has 1 rings (SSSR count). The third kappa shape index (κ3) is 13.0. The first kappa shape index (κ1) is 29.4. The van der Waals surface area contributed by atoms with Crippen LogP contribution in [0.25, 0.3) is 0 Å². The van der Waals surface area contributed by atoms with E-state index in [1.807, 2.05) is 0 Å². The number of allylic oxidation sites excluding steroid dienone is 5. The molecular weight excluding hydrogens is 497 g/mol. The maximum absolute atomic E-state index is 12.6. The van der Waals surface area contributed by atoms with Gasteiger partial charge in [0, 0.05) is 21.7 Å². The predicted molar refractivity (Wildman–Crippen MR) is 142 cm³/mol. The lowest BCUT2D eigenvalue weighted by Crippen LogP contribution is -2.24. The maximum atomic E-state index is 12.6. The molecule has 0 aromatic rings. The van der Waals surface area contributed by atoms with E-state index in [0.717, 1.165) is 0 Å². The Kier molecular flexibility index (Phi) is 10.4. The summed E-state index contributed by atoms with van der Waals surface area (Å²) in [5.74, 6) is -0.541. The molecule has 0 aliphatic heterocycles. The van der Waals surface area contributed by atoms with Gasteiger partial charge in [0.25, 0.3) is 20.0 Å². The van der Waals surface area contributed by atoms with E-state index in [1.54, 1.807) is 0 Å². The molecule has 0 fully saturated rings. The monoisotopic (exact) mass is 532 g/mol. The van der Waals surface area contributed by atoms with Crippen LogP contribution >= 0.6 is 0 Å². The smallest absolute Gasteiger partial charge is 0.309 e. The van der Waals surface area contributed by atoms with Gasteiger partial charge in [0.05, 0.1) is 36.5 Å². The highest BCUT2D eigenvalue weighted by atomic mass is 32.2. The summed E-state index contributed by atoms with van der Waals surface area (Å²) in [6.45, 7) is 12.5. The van der Waals surface area contributed by atoms with Gasteiger partial charge < -0.3 is 4.74 Å². The molecule has 0 saturated carbocycles. The number of carbonyl (C=O) groups excluding carboxylic acids is 1. The number of hydrogen-bond donors (Lipinski definition) is 0. The number of nitrogens with zero attached hydrogens (tertiary/aromatic N) is 2. The fraction of sp³-hybridized carbons (Fsp3) is 0.571. The Morgan fingerprint density at radius 3 is 1.91 bits per heavy atom. The standard InChI is InChI=1S/C21H36N2O6S2Si2/c1-29-21(24)10-8-9-18-17-19(22-30(25,26)13-15-32(2,3)4)11-12-20(18)23-31(27,28)14-16-33(5,6)7/h8-9,11-12,17H,10,13-16H2,1-7H3/b9-8+,22-19+,23-20+. The number of carbonyl (C=O) groups is 1. The number of ether oxygens (including phenoxy) is 1. The van der Waals surface area contributed by atoms with E-state index in [0.29, 0.717) is 17.7 Å². The van der Waals surface area contributed by atoms with Crippen molar-refractivity contribution in [3.63, 3.8) is 0 Å². The Morgan fingerprint density at radius 2 is 1.42 bits per heavy atom. The first-order valence-corrected chi connectivity index (χ1v) is 21.3. The average molecular weight is 533 g/mol. The van der Waals surface area contributed by atoms with Gasteiger partial charge in [-0.3, -0.25) is 4.79 Å². The van der Waals surface area contributed by atoms with Gasteiger partial charge in [0.2, 0.25) is 0 Å². The Labute approximate surface area is 200 Å². The molecule has 0 aromatic heterocycles. The van der Waals surface area contributed by atoms with Gasteiger partial charge in [-0.25, -0.2) is 16.8 Å². The largest absolute Gasteiger partial charge is 0.469 e. The zero-order valence-electron chi connectivity index (χ0n) is 20.6. The lowest BCUT2D eigenvalue weighted by atomic mass is 10.0. The van der Waals surface area contributed by atoms with Crippen molar-refractivity contribution in [2.24, 2.45) is 8.80 Å². The molecule has 8 nitrogen and oxygen atoms in total. The summed E-state index contributed by atoms with van der Waals surface area (Å²) >= 11 is 0. The molecule has 0 atom stereocenters. The van der Waals surface area contributed by atoms with E-state index in [4.69, 9.17) is 0 Å². The van der Waals surface area contributed by atoms with Crippen molar-refractivity contribution in [3.8, 4) is 0 Å². The van der Waals surface area contributed by atoms with Gasteiger partial charge in [0.15, 0.2) is 0 Å². The second-order valence-electron chi connectivity index (χ2n) is 10.3. The van der Waals surface area contributed by atoms with E-state index in [2.05, 4.69) is 52.8 Å². The molecule has 0 unspecified atom stereocenters.